The number of benzene rings is 8. The van der Waals surface area contributed by atoms with E-state index < -0.39 is 17.2 Å². The number of aryl methyl sites for hydroxylation is 1. The molecule has 0 saturated heterocycles. The van der Waals surface area contributed by atoms with Crippen molar-refractivity contribution in [1.29, 1.82) is 0 Å². The summed E-state index contributed by atoms with van der Waals surface area (Å²) >= 11 is 0. The fourth-order valence-electron chi connectivity index (χ4n) is 9.25. The van der Waals surface area contributed by atoms with Crippen LogP contribution in [0.4, 0.5) is 5.69 Å². The van der Waals surface area contributed by atoms with Crippen LogP contribution >= 0.6 is 0 Å². The molecule has 0 bridgehead atoms. The first-order chi connectivity index (χ1) is 31.7. The quantitative estimate of drug-likeness (QED) is 0.117. The van der Waals surface area contributed by atoms with Crippen molar-refractivity contribution >= 4 is 29.3 Å². The lowest BCUT2D eigenvalue weighted by molar-refractivity contribution is 0.0692. The standard InChI is InChI=1S/C57H36N2O6/c1-35-11-23-41(24-12-35)64-42-25-17-38(18-26-42)57(51-9-5-3-7-45(51)46-8-4-6-10-52(46)57)39-19-27-43(28-20-39)65-44-29-21-40(22-30-44)59-55(62)48-32-16-37(34-50(48)56(59)63)14-13-36-15-31-47-49(33-36)54(61)58(2)53(47)60/h3-12,15-34H,1-2H3. The van der Waals surface area contributed by atoms with Crippen LogP contribution in [0.3, 0.4) is 0 Å². The van der Waals surface area contributed by atoms with Crippen LogP contribution in [0.2, 0.25) is 0 Å². The van der Waals surface area contributed by atoms with E-state index >= 15 is 0 Å². The largest absolute Gasteiger partial charge is 0.457 e. The number of hydrogen-bond donors (Lipinski definition) is 0. The van der Waals surface area contributed by atoms with Crippen LogP contribution in [0.1, 0.15) is 80.4 Å². The summed E-state index contributed by atoms with van der Waals surface area (Å²) in [5, 5.41) is 0. The van der Waals surface area contributed by atoms with E-state index in [0.29, 0.717) is 39.4 Å². The van der Waals surface area contributed by atoms with Gasteiger partial charge in [-0.3, -0.25) is 24.1 Å². The molecule has 0 atom stereocenters. The zero-order valence-electron chi connectivity index (χ0n) is 35.2. The van der Waals surface area contributed by atoms with Gasteiger partial charge in [0.15, 0.2) is 0 Å². The lowest BCUT2D eigenvalue weighted by Gasteiger charge is -2.34. The highest BCUT2D eigenvalue weighted by Gasteiger charge is 2.46. The number of carbonyl (C=O) groups is 4. The molecule has 0 radical (unpaired) electrons. The molecule has 8 aromatic rings. The van der Waals surface area contributed by atoms with E-state index in [-0.39, 0.29) is 22.9 Å². The van der Waals surface area contributed by atoms with E-state index in [9.17, 15) is 19.2 Å². The molecule has 8 aromatic carbocycles. The first kappa shape index (κ1) is 39.1. The zero-order chi connectivity index (χ0) is 44.4. The molecule has 0 aromatic heterocycles. The average Bonchev–Trinajstić information content (AvgIpc) is 3.87. The number of nitrogens with zero attached hydrogens (tertiary/aromatic N) is 2. The molecule has 310 valence electrons. The first-order valence-electron chi connectivity index (χ1n) is 21.1. The van der Waals surface area contributed by atoms with Crippen LogP contribution in [-0.2, 0) is 5.41 Å². The molecular weight excluding hydrogens is 809 g/mol. The van der Waals surface area contributed by atoms with Crippen LogP contribution in [-0.4, -0.2) is 35.6 Å². The van der Waals surface area contributed by atoms with Gasteiger partial charge in [0, 0.05) is 18.2 Å². The average molecular weight is 845 g/mol. The minimum absolute atomic E-state index is 0.246. The molecule has 65 heavy (non-hydrogen) atoms. The van der Waals surface area contributed by atoms with Gasteiger partial charge < -0.3 is 9.47 Å². The molecule has 0 fully saturated rings. The molecule has 2 aliphatic heterocycles. The van der Waals surface area contributed by atoms with Crippen LogP contribution in [0, 0.1) is 18.8 Å². The molecule has 0 spiro atoms. The number of ether oxygens (including phenoxy) is 2. The molecule has 8 nitrogen and oxygen atoms in total. The summed E-state index contributed by atoms with van der Waals surface area (Å²) in [6.07, 6.45) is 0. The summed E-state index contributed by atoms with van der Waals surface area (Å²) in [6, 6.07) is 58.3. The Kier molecular flexibility index (Phi) is 9.15. The van der Waals surface area contributed by atoms with Gasteiger partial charge in [-0.2, -0.15) is 0 Å². The lowest BCUT2D eigenvalue weighted by atomic mass is 9.68. The zero-order valence-corrected chi connectivity index (χ0v) is 35.2. The van der Waals surface area contributed by atoms with Crippen LogP contribution in [0.5, 0.6) is 23.0 Å². The van der Waals surface area contributed by atoms with E-state index in [4.69, 9.17) is 9.47 Å². The van der Waals surface area contributed by atoms with E-state index in [1.807, 2.05) is 48.5 Å². The number of hydrogen-bond acceptors (Lipinski definition) is 6. The number of fused-ring (bicyclic) bond motifs is 5. The van der Waals surface area contributed by atoms with Crippen molar-refractivity contribution < 1.29 is 28.7 Å². The second-order valence-electron chi connectivity index (χ2n) is 16.3. The van der Waals surface area contributed by atoms with Crippen molar-refractivity contribution in [2.45, 2.75) is 12.3 Å². The molecule has 2 heterocycles. The van der Waals surface area contributed by atoms with Gasteiger partial charge in [-0.1, -0.05) is 102 Å². The third kappa shape index (κ3) is 6.40. The fourth-order valence-corrected chi connectivity index (χ4v) is 9.25. The molecule has 0 saturated carbocycles. The molecule has 3 aliphatic rings. The SMILES string of the molecule is Cc1ccc(Oc2ccc(C3(c4ccc(Oc5ccc(N6C(=O)c7ccc(C#Cc8ccc9c(c8)C(=O)N(C)C9=O)cc7C6=O)cc5)cc4)c4ccccc4-c4ccccc43)cc2)cc1. The molecule has 11 rings (SSSR count). The third-order valence-corrected chi connectivity index (χ3v) is 12.4. The Morgan fingerprint density at radius 3 is 1.32 bits per heavy atom. The number of imide groups is 2. The Hall–Kier alpha value is -8.80. The van der Waals surface area contributed by atoms with Crippen molar-refractivity contribution in [1.82, 2.24) is 4.90 Å². The Balaban J connectivity index is 0.837. The Labute approximate surface area is 374 Å². The highest BCUT2D eigenvalue weighted by atomic mass is 16.5. The summed E-state index contributed by atoms with van der Waals surface area (Å²) in [7, 11) is 1.44. The predicted molar refractivity (Wildman–Crippen MR) is 248 cm³/mol. The van der Waals surface area contributed by atoms with Gasteiger partial charge in [0.05, 0.1) is 33.4 Å². The van der Waals surface area contributed by atoms with Gasteiger partial charge >= 0.3 is 0 Å². The van der Waals surface area contributed by atoms with Crippen molar-refractivity contribution in [3.05, 3.63) is 243 Å². The van der Waals surface area contributed by atoms with Gasteiger partial charge in [-0.15, -0.1) is 0 Å². The fraction of sp³-hybridized carbons (Fsp3) is 0.0526. The molecule has 4 amide bonds. The molecule has 0 N–H and O–H groups in total. The normalized spacial score (nSPS) is 14.1. The Bertz CT molecular complexity index is 3320. The predicted octanol–water partition coefficient (Wildman–Crippen LogP) is 11.4. The number of amides is 4. The summed E-state index contributed by atoms with van der Waals surface area (Å²) in [5.41, 5.74) is 10.2. The second kappa shape index (κ2) is 15.2. The third-order valence-electron chi connectivity index (χ3n) is 12.4. The second-order valence-corrected chi connectivity index (χ2v) is 16.3. The Morgan fingerprint density at radius 1 is 0.415 bits per heavy atom. The summed E-state index contributed by atoms with van der Waals surface area (Å²) < 4.78 is 12.6. The minimum atomic E-state index is -0.612. The molecule has 0 unspecified atom stereocenters. The van der Waals surface area contributed by atoms with E-state index in [1.54, 1.807) is 60.7 Å². The van der Waals surface area contributed by atoms with E-state index in [0.717, 1.165) is 32.4 Å². The number of rotatable bonds is 7. The van der Waals surface area contributed by atoms with Gasteiger partial charge in [-0.05, 0) is 137 Å². The summed E-state index contributed by atoms with van der Waals surface area (Å²) in [6.45, 7) is 2.06. The van der Waals surface area contributed by atoms with E-state index in [2.05, 4.69) is 91.6 Å². The molecule has 8 heteroatoms. The Morgan fingerprint density at radius 2 is 0.815 bits per heavy atom. The van der Waals surface area contributed by atoms with Gasteiger partial charge in [0.2, 0.25) is 0 Å². The maximum atomic E-state index is 13.7. The van der Waals surface area contributed by atoms with E-state index in [1.165, 1.54) is 34.9 Å². The van der Waals surface area contributed by atoms with Gasteiger partial charge in [-0.25, -0.2) is 4.90 Å². The molecule has 1 aliphatic carbocycles. The first-order valence-corrected chi connectivity index (χ1v) is 21.1. The minimum Gasteiger partial charge on any atom is -0.457 e. The molecular formula is C57H36N2O6. The highest BCUT2D eigenvalue weighted by molar-refractivity contribution is 6.34. The smallest absolute Gasteiger partial charge is 0.266 e. The van der Waals surface area contributed by atoms with Crippen molar-refractivity contribution in [2.24, 2.45) is 0 Å². The van der Waals surface area contributed by atoms with Crippen molar-refractivity contribution in [3.63, 3.8) is 0 Å². The maximum Gasteiger partial charge on any atom is 0.266 e. The summed E-state index contributed by atoms with van der Waals surface area (Å²) in [4.78, 5) is 54.2. The highest BCUT2D eigenvalue weighted by Crippen LogP contribution is 2.56. The number of carbonyl (C=O) groups excluding carboxylic acids is 4. The topological polar surface area (TPSA) is 93.2 Å². The van der Waals surface area contributed by atoms with Gasteiger partial charge in [0.25, 0.3) is 23.6 Å². The van der Waals surface area contributed by atoms with Crippen molar-refractivity contribution in [2.75, 3.05) is 11.9 Å². The van der Waals surface area contributed by atoms with Crippen LogP contribution in [0.25, 0.3) is 11.1 Å². The van der Waals surface area contributed by atoms with Crippen LogP contribution in [0.15, 0.2) is 182 Å². The lowest BCUT2D eigenvalue weighted by Crippen LogP contribution is -2.29. The monoisotopic (exact) mass is 844 g/mol. The summed E-state index contributed by atoms with van der Waals surface area (Å²) in [5.74, 6) is 7.12. The maximum absolute atomic E-state index is 13.7. The van der Waals surface area contributed by atoms with Crippen LogP contribution < -0.4 is 14.4 Å². The number of anilines is 1. The van der Waals surface area contributed by atoms with Crippen molar-refractivity contribution in [3.8, 4) is 46.0 Å². The van der Waals surface area contributed by atoms with Gasteiger partial charge in [0.1, 0.15) is 23.0 Å².